The maximum absolute atomic E-state index is 11.7. The predicted molar refractivity (Wildman–Crippen MR) is 76.2 cm³/mol. The first-order chi connectivity index (χ1) is 8.74. The molecule has 1 aliphatic rings. The SMILES string of the molecule is O=C(CCC1CCNC1)NCc1cccc(Br)c1. The molecule has 0 bridgehead atoms. The molecule has 0 aliphatic carbocycles. The van der Waals surface area contributed by atoms with E-state index in [9.17, 15) is 4.79 Å². The van der Waals surface area contributed by atoms with Gasteiger partial charge in [-0.3, -0.25) is 4.79 Å². The average Bonchev–Trinajstić information content (AvgIpc) is 2.87. The number of nitrogens with one attached hydrogen (secondary N) is 2. The van der Waals surface area contributed by atoms with Crippen molar-refractivity contribution in [2.45, 2.75) is 25.8 Å². The Bertz CT molecular complexity index is 403. The second-order valence-corrected chi connectivity index (χ2v) is 5.72. The molecule has 1 heterocycles. The lowest BCUT2D eigenvalue weighted by Gasteiger charge is -2.09. The second-order valence-electron chi connectivity index (χ2n) is 4.80. The molecule has 1 fully saturated rings. The summed E-state index contributed by atoms with van der Waals surface area (Å²) < 4.78 is 1.05. The van der Waals surface area contributed by atoms with Crippen LogP contribution in [0, 0.1) is 5.92 Å². The minimum absolute atomic E-state index is 0.155. The lowest BCUT2D eigenvalue weighted by atomic mass is 10.0. The molecule has 0 aromatic heterocycles. The minimum Gasteiger partial charge on any atom is -0.352 e. The van der Waals surface area contributed by atoms with Gasteiger partial charge in [0.25, 0.3) is 0 Å². The highest BCUT2D eigenvalue weighted by molar-refractivity contribution is 9.10. The number of carbonyl (C=O) groups excluding carboxylic acids is 1. The van der Waals surface area contributed by atoms with Crippen LogP contribution >= 0.6 is 15.9 Å². The maximum Gasteiger partial charge on any atom is 0.220 e. The standard InChI is InChI=1S/C14H19BrN2O/c15-13-3-1-2-12(8-13)10-17-14(18)5-4-11-6-7-16-9-11/h1-3,8,11,16H,4-7,9-10H2,(H,17,18). The molecule has 1 amide bonds. The van der Waals surface area contributed by atoms with E-state index >= 15 is 0 Å². The van der Waals surface area contributed by atoms with Crippen molar-refractivity contribution in [1.29, 1.82) is 0 Å². The molecular formula is C14H19BrN2O. The fourth-order valence-corrected chi connectivity index (χ4v) is 2.68. The molecule has 3 nitrogen and oxygen atoms in total. The second kappa shape index (κ2) is 6.90. The van der Waals surface area contributed by atoms with Crippen LogP contribution in [0.2, 0.25) is 0 Å². The molecule has 0 radical (unpaired) electrons. The zero-order valence-electron chi connectivity index (χ0n) is 10.4. The van der Waals surface area contributed by atoms with Crippen LogP contribution in [0.4, 0.5) is 0 Å². The van der Waals surface area contributed by atoms with E-state index in [1.165, 1.54) is 6.42 Å². The smallest absolute Gasteiger partial charge is 0.220 e. The van der Waals surface area contributed by atoms with Gasteiger partial charge in [-0.05, 0) is 49.5 Å². The number of amides is 1. The van der Waals surface area contributed by atoms with Gasteiger partial charge >= 0.3 is 0 Å². The van der Waals surface area contributed by atoms with Gasteiger partial charge in [0.15, 0.2) is 0 Å². The number of hydrogen-bond acceptors (Lipinski definition) is 2. The van der Waals surface area contributed by atoms with Crippen LogP contribution in [-0.2, 0) is 11.3 Å². The molecule has 2 N–H and O–H groups in total. The molecule has 1 aliphatic heterocycles. The Morgan fingerprint density at radius 3 is 3.11 bits per heavy atom. The molecule has 98 valence electrons. The highest BCUT2D eigenvalue weighted by Crippen LogP contribution is 2.14. The van der Waals surface area contributed by atoms with Gasteiger partial charge in [-0.2, -0.15) is 0 Å². The summed E-state index contributed by atoms with van der Waals surface area (Å²) >= 11 is 3.42. The summed E-state index contributed by atoms with van der Waals surface area (Å²) in [6, 6.07) is 8.02. The number of carbonyl (C=O) groups is 1. The van der Waals surface area contributed by atoms with E-state index in [-0.39, 0.29) is 5.91 Å². The number of benzene rings is 1. The van der Waals surface area contributed by atoms with Crippen LogP contribution in [0.15, 0.2) is 28.7 Å². The van der Waals surface area contributed by atoms with Crippen molar-refractivity contribution in [3.63, 3.8) is 0 Å². The number of rotatable bonds is 5. The fourth-order valence-electron chi connectivity index (χ4n) is 2.23. The van der Waals surface area contributed by atoms with Crippen LogP contribution in [0.25, 0.3) is 0 Å². The largest absolute Gasteiger partial charge is 0.352 e. The summed E-state index contributed by atoms with van der Waals surface area (Å²) in [5, 5.41) is 6.29. The fraction of sp³-hybridized carbons (Fsp3) is 0.500. The van der Waals surface area contributed by atoms with Crippen molar-refractivity contribution in [3.05, 3.63) is 34.3 Å². The third-order valence-corrected chi connectivity index (χ3v) is 3.81. The molecule has 1 aromatic rings. The van der Waals surface area contributed by atoms with E-state index in [1.807, 2.05) is 24.3 Å². The van der Waals surface area contributed by atoms with Crippen molar-refractivity contribution in [2.75, 3.05) is 13.1 Å². The Labute approximate surface area is 116 Å². The first kappa shape index (κ1) is 13.6. The Hall–Kier alpha value is -0.870. The molecule has 0 spiro atoms. The molecule has 4 heteroatoms. The van der Waals surface area contributed by atoms with Crippen molar-refractivity contribution < 1.29 is 4.79 Å². The maximum atomic E-state index is 11.7. The summed E-state index contributed by atoms with van der Waals surface area (Å²) in [5.74, 6) is 0.837. The van der Waals surface area contributed by atoms with Crippen LogP contribution < -0.4 is 10.6 Å². The van der Waals surface area contributed by atoms with Gasteiger partial charge in [0, 0.05) is 17.4 Å². The highest BCUT2D eigenvalue weighted by Gasteiger charge is 2.15. The van der Waals surface area contributed by atoms with Gasteiger partial charge in [-0.15, -0.1) is 0 Å². The minimum atomic E-state index is 0.155. The predicted octanol–water partition coefficient (Wildman–Crippen LogP) is 2.46. The zero-order valence-corrected chi connectivity index (χ0v) is 12.0. The molecule has 18 heavy (non-hydrogen) atoms. The summed E-state index contributed by atoms with van der Waals surface area (Å²) in [5.41, 5.74) is 1.13. The third kappa shape index (κ3) is 4.42. The van der Waals surface area contributed by atoms with E-state index in [1.54, 1.807) is 0 Å². The van der Waals surface area contributed by atoms with Crippen LogP contribution in [0.1, 0.15) is 24.8 Å². The van der Waals surface area contributed by atoms with E-state index in [4.69, 9.17) is 0 Å². The Balaban J connectivity index is 1.68. The van der Waals surface area contributed by atoms with Gasteiger partial charge in [0.2, 0.25) is 5.91 Å². The molecule has 0 saturated carbocycles. The third-order valence-electron chi connectivity index (χ3n) is 3.32. The molecule has 1 atom stereocenters. The van der Waals surface area contributed by atoms with Gasteiger partial charge in [0.1, 0.15) is 0 Å². The lowest BCUT2D eigenvalue weighted by Crippen LogP contribution is -2.23. The van der Waals surface area contributed by atoms with Gasteiger partial charge < -0.3 is 10.6 Å². The average molecular weight is 311 g/mol. The van der Waals surface area contributed by atoms with Gasteiger partial charge in [-0.25, -0.2) is 0 Å². The van der Waals surface area contributed by atoms with E-state index in [0.29, 0.717) is 18.9 Å². The number of halogens is 1. The summed E-state index contributed by atoms with van der Waals surface area (Å²) in [6.07, 6.45) is 2.84. The first-order valence-electron chi connectivity index (χ1n) is 6.46. The lowest BCUT2D eigenvalue weighted by molar-refractivity contribution is -0.121. The summed E-state index contributed by atoms with van der Waals surface area (Å²) in [7, 11) is 0. The summed E-state index contributed by atoms with van der Waals surface area (Å²) in [6.45, 7) is 2.78. The van der Waals surface area contributed by atoms with Gasteiger partial charge in [-0.1, -0.05) is 28.1 Å². The topological polar surface area (TPSA) is 41.1 Å². The molecular weight excluding hydrogens is 292 g/mol. The quantitative estimate of drug-likeness (QED) is 0.877. The zero-order chi connectivity index (χ0) is 12.8. The van der Waals surface area contributed by atoms with Crippen molar-refractivity contribution in [3.8, 4) is 0 Å². The van der Waals surface area contributed by atoms with E-state index in [0.717, 1.165) is 29.5 Å². The first-order valence-corrected chi connectivity index (χ1v) is 7.25. The Morgan fingerprint density at radius 1 is 1.50 bits per heavy atom. The summed E-state index contributed by atoms with van der Waals surface area (Å²) in [4.78, 5) is 11.7. The normalized spacial score (nSPS) is 18.8. The van der Waals surface area contributed by atoms with E-state index in [2.05, 4.69) is 26.6 Å². The molecule has 1 unspecified atom stereocenters. The Kier molecular flexibility index (Phi) is 5.20. The monoisotopic (exact) mass is 310 g/mol. The number of hydrogen-bond donors (Lipinski definition) is 2. The molecule has 1 saturated heterocycles. The van der Waals surface area contributed by atoms with Crippen molar-refractivity contribution in [2.24, 2.45) is 5.92 Å². The van der Waals surface area contributed by atoms with Crippen molar-refractivity contribution in [1.82, 2.24) is 10.6 Å². The van der Waals surface area contributed by atoms with E-state index < -0.39 is 0 Å². The molecule has 2 rings (SSSR count). The van der Waals surface area contributed by atoms with Gasteiger partial charge in [0.05, 0.1) is 0 Å². The van der Waals surface area contributed by atoms with Crippen LogP contribution in [-0.4, -0.2) is 19.0 Å². The Morgan fingerprint density at radius 2 is 2.39 bits per heavy atom. The molecule has 1 aromatic carbocycles. The van der Waals surface area contributed by atoms with Crippen LogP contribution in [0.5, 0.6) is 0 Å². The van der Waals surface area contributed by atoms with Crippen LogP contribution in [0.3, 0.4) is 0 Å². The van der Waals surface area contributed by atoms with Crippen molar-refractivity contribution >= 4 is 21.8 Å². The highest BCUT2D eigenvalue weighted by atomic mass is 79.9.